The smallest absolute Gasteiger partial charge is 0.255 e. The van der Waals surface area contributed by atoms with Crippen LogP contribution < -0.4 is 20.1 Å². The van der Waals surface area contributed by atoms with E-state index in [2.05, 4.69) is 15.4 Å². The van der Waals surface area contributed by atoms with Crippen molar-refractivity contribution >= 4 is 33.2 Å². The lowest BCUT2D eigenvalue weighted by Gasteiger charge is -2.13. The minimum absolute atomic E-state index is 0.0927. The third-order valence-electron chi connectivity index (χ3n) is 3.59. The van der Waals surface area contributed by atoms with Crippen LogP contribution in [-0.4, -0.2) is 33.4 Å². The Morgan fingerprint density at radius 2 is 1.57 bits per heavy atom. The fourth-order valence-corrected chi connectivity index (χ4v) is 3.65. The number of hydrogen-bond donors (Lipinski definition) is 3. The normalized spacial score (nSPS) is 11.0. The van der Waals surface area contributed by atoms with Gasteiger partial charge in [-0.3, -0.25) is 9.59 Å². The van der Waals surface area contributed by atoms with Crippen molar-refractivity contribution in [2.24, 2.45) is 0 Å². The predicted molar refractivity (Wildman–Crippen MR) is 107 cm³/mol. The first-order valence-electron chi connectivity index (χ1n) is 8.72. The van der Waals surface area contributed by atoms with E-state index in [1.54, 1.807) is 38.1 Å². The predicted octanol–water partition coefficient (Wildman–Crippen LogP) is 2.59. The standard InChI is InChI=1S/C19H23N3O5S/c1-4-20-28(25,26)18-12-14(6-11-17(18)27-5-2)19(24)22-16-9-7-15(8-10-16)21-13(3)23/h6-12,20H,4-5H2,1-3H3,(H,21,23)(H,22,24). The molecule has 9 heteroatoms. The summed E-state index contributed by atoms with van der Waals surface area (Å²) in [7, 11) is -3.80. The Labute approximate surface area is 164 Å². The molecule has 0 atom stereocenters. The van der Waals surface area contributed by atoms with Gasteiger partial charge >= 0.3 is 0 Å². The van der Waals surface area contributed by atoms with Crippen molar-refractivity contribution in [3.05, 3.63) is 48.0 Å². The summed E-state index contributed by atoms with van der Waals surface area (Å²) >= 11 is 0. The largest absolute Gasteiger partial charge is 0.492 e. The van der Waals surface area contributed by atoms with Crippen molar-refractivity contribution < 1.29 is 22.7 Å². The molecule has 2 aromatic carbocycles. The van der Waals surface area contributed by atoms with Crippen molar-refractivity contribution in [2.45, 2.75) is 25.7 Å². The number of ether oxygens (including phenoxy) is 1. The van der Waals surface area contributed by atoms with Crippen molar-refractivity contribution in [3.8, 4) is 5.75 Å². The Balaban J connectivity index is 2.26. The van der Waals surface area contributed by atoms with Gasteiger partial charge in [0.15, 0.2) is 0 Å². The number of carbonyl (C=O) groups excluding carboxylic acids is 2. The van der Waals surface area contributed by atoms with Crippen molar-refractivity contribution in [1.82, 2.24) is 4.72 Å². The van der Waals surface area contributed by atoms with Crippen LogP contribution in [0.3, 0.4) is 0 Å². The minimum Gasteiger partial charge on any atom is -0.492 e. The van der Waals surface area contributed by atoms with Gasteiger partial charge in [-0.2, -0.15) is 0 Å². The third-order valence-corrected chi connectivity index (χ3v) is 5.16. The van der Waals surface area contributed by atoms with Gasteiger partial charge in [-0.05, 0) is 49.4 Å². The quantitative estimate of drug-likeness (QED) is 0.625. The molecule has 0 aliphatic rings. The summed E-state index contributed by atoms with van der Waals surface area (Å²) in [6, 6.07) is 10.8. The van der Waals surface area contributed by atoms with E-state index in [9.17, 15) is 18.0 Å². The maximum absolute atomic E-state index is 12.5. The highest BCUT2D eigenvalue weighted by atomic mass is 32.2. The maximum atomic E-state index is 12.5. The number of amides is 2. The van der Waals surface area contributed by atoms with Gasteiger partial charge in [0.2, 0.25) is 15.9 Å². The molecule has 2 rings (SSSR count). The number of rotatable bonds is 8. The van der Waals surface area contributed by atoms with Crippen LogP contribution in [0.4, 0.5) is 11.4 Å². The van der Waals surface area contributed by atoms with Gasteiger partial charge in [0.25, 0.3) is 5.91 Å². The summed E-state index contributed by atoms with van der Waals surface area (Å²) < 4.78 is 32.6. The van der Waals surface area contributed by atoms with Crippen molar-refractivity contribution in [2.75, 3.05) is 23.8 Å². The molecule has 2 aromatic rings. The lowest BCUT2D eigenvalue weighted by atomic mass is 10.2. The summed E-state index contributed by atoms with van der Waals surface area (Å²) in [6.07, 6.45) is 0. The second-order valence-electron chi connectivity index (χ2n) is 5.81. The van der Waals surface area contributed by atoms with Crippen LogP contribution in [-0.2, 0) is 14.8 Å². The molecular weight excluding hydrogens is 382 g/mol. The van der Waals surface area contributed by atoms with E-state index in [1.807, 2.05) is 0 Å². The number of sulfonamides is 1. The van der Waals surface area contributed by atoms with E-state index >= 15 is 0 Å². The average molecular weight is 405 g/mol. The summed E-state index contributed by atoms with van der Waals surface area (Å²) in [5.74, 6) is -0.483. The van der Waals surface area contributed by atoms with Crippen LogP contribution in [0.1, 0.15) is 31.1 Å². The Morgan fingerprint density at radius 3 is 2.11 bits per heavy atom. The zero-order valence-electron chi connectivity index (χ0n) is 15.9. The molecule has 0 aliphatic carbocycles. The number of nitrogens with one attached hydrogen (secondary N) is 3. The SMILES string of the molecule is CCNS(=O)(=O)c1cc(C(=O)Nc2ccc(NC(C)=O)cc2)ccc1OCC. The van der Waals surface area contributed by atoms with E-state index in [0.717, 1.165) is 0 Å². The summed E-state index contributed by atoms with van der Waals surface area (Å²) in [5.41, 5.74) is 1.28. The van der Waals surface area contributed by atoms with Gasteiger partial charge in [-0.25, -0.2) is 13.1 Å². The Bertz CT molecular complexity index is 956. The zero-order chi connectivity index (χ0) is 20.7. The highest BCUT2D eigenvalue weighted by molar-refractivity contribution is 7.89. The topological polar surface area (TPSA) is 114 Å². The number of anilines is 2. The molecule has 8 nitrogen and oxygen atoms in total. The Hall–Kier alpha value is -2.91. The fourth-order valence-electron chi connectivity index (χ4n) is 2.45. The molecule has 0 aliphatic heterocycles. The molecule has 0 fully saturated rings. The van der Waals surface area contributed by atoms with E-state index in [0.29, 0.717) is 18.0 Å². The highest BCUT2D eigenvalue weighted by Gasteiger charge is 2.21. The molecule has 0 spiro atoms. The van der Waals surface area contributed by atoms with Crippen LogP contribution in [0.5, 0.6) is 5.75 Å². The molecule has 0 bridgehead atoms. The van der Waals surface area contributed by atoms with E-state index in [-0.39, 0.29) is 28.7 Å². The molecule has 3 N–H and O–H groups in total. The van der Waals surface area contributed by atoms with Crippen molar-refractivity contribution in [3.63, 3.8) is 0 Å². The third kappa shape index (κ3) is 5.54. The Kier molecular flexibility index (Phi) is 7.13. The van der Waals surface area contributed by atoms with Crippen LogP contribution in [0.2, 0.25) is 0 Å². The maximum Gasteiger partial charge on any atom is 0.255 e. The molecule has 0 aromatic heterocycles. The second kappa shape index (κ2) is 9.34. The van der Waals surface area contributed by atoms with E-state index < -0.39 is 15.9 Å². The van der Waals surface area contributed by atoms with Gasteiger partial charge in [0.1, 0.15) is 10.6 Å². The van der Waals surface area contributed by atoms with Crippen molar-refractivity contribution in [1.29, 1.82) is 0 Å². The molecule has 0 saturated carbocycles. The van der Waals surface area contributed by atoms with Crippen LogP contribution in [0.15, 0.2) is 47.4 Å². The zero-order valence-corrected chi connectivity index (χ0v) is 16.7. The first-order valence-corrected chi connectivity index (χ1v) is 10.2. The second-order valence-corrected chi connectivity index (χ2v) is 7.54. The summed E-state index contributed by atoms with van der Waals surface area (Å²) in [4.78, 5) is 23.5. The Morgan fingerprint density at radius 1 is 0.964 bits per heavy atom. The number of benzene rings is 2. The molecule has 150 valence electrons. The van der Waals surface area contributed by atoms with Gasteiger partial charge in [-0.1, -0.05) is 6.92 Å². The molecular formula is C19H23N3O5S. The van der Waals surface area contributed by atoms with E-state index in [4.69, 9.17) is 4.74 Å². The van der Waals surface area contributed by atoms with Crippen LogP contribution >= 0.6 is 0 Å². The monoisotopic (exact) mass is 405 g/mol. The highest BCUT2D eigenvalue weighted by Crippen LogP contribution is 2.26. The minimum atomic E-state index is -3.80. The molecule has 2 amide bonds. The molecule has 0 heterocycles. The van der Waals surface area contributed by atoms with Gasteiger partial charge < -0.3 is 15.4 Å². The summed E-state index contributed by atoms with van der Waals surface area (Å²) in [5, 5.41) is 5.33. The lowest BCUT2D eigenvalue weighted by molar-refractivity contribution is -0.114. The van der Waals surface area contributed by atoms with Gasteiger partial charge in [0.05, 0.1) is 6.61 Å². The van der Waals surface area contributed by atoms with Gasteiger partial charge in [-0.15, -0.1) is 0 Å². The fraction of sp³-hybridized carbons (Fsp3) is 0.263. The van der Waals surface area contributed by atoms with Crippen LogP contribution in [0, 0.1) is 0 Å². The summed E-state index contributed by atoms with van der Waals surface area (Å²) in [6.45, 7) is 5.32. The van der Waals surface area contributed by atoms with E-state index in [1.165, 1.54) is 25.1 Å². The first-order chi connectivity index (χ1) is 13.3. The number of hydrogen-bond acceptors (Lipinski definition) is 5. The molecule has 28 heavy (non-hydrogen) atoms. The van der Waals surface area contributed by atoms with Gasteiger partial charge in [0, 0.05) is 30.4 Å². The molecule has 0 radical (unpaired) electrons. The average Bonchev–Trinajstić information content (AvgIpc) is 2.63. The first kappa shape index (κ1) is 21.4. The lowest BCUT2D eigenvalue weighted by Crippen LogP contribution is -2.24. The molecule has 0 unspecified atom stereocenters. The number of carbonyl (C=O) groups is 2. The van der Waals surface area contributed by atoms with Crippen LogP contribution in [0.25, 0.3) is 0 Å². The molecule has 0 saturated heterocycles.